The van der Waals surface area contributed by atoms with Gasteiger partial charge in [0.1, 0.15) is 11.5 Å². The van der Waals surface area contributed by atoms with Crippen molar-refractivity contribution in [2.24, 2.45) is 0 Å². The number of aromatic hydroxyl groups is 2. The lowest BCUT2D eigenvalue weighted by Gasteiger charge is -2.34. The smallest absolute Gasteiger partial charge is 0.138 e. The SMILES string of the molecule is Nc1cc(C2(c3ccc(O)c(N)c3)c3ccccc3-c3ccccc32)ccc1O. The molecule has 0 amide bonds. The fourth-order valence-corrected chi connectivity index (χ4v) is 4.60. The van der Waals surface area contributed by atoms with E-state index in [0.717, 1.165) is 33.4 Å². The minimum atomic E-state index is -0.670. The van der Waals surface area contributed by atoms with Gasteiger partial charge in [0.2, 0.25) is 0 Å². The summed E-state index contributed by atoms with van der Waals surface area (Å²) >= 11 is 0. The monoisotopic (exact) mass is 380 g/mol. The average molecular weight is 380 g/mol. The highest BCUT2D eigenvalue weighted by molar-refractivity contribution is 5.87. The molecule has 0 bridgehead atoms. The summed E-state index contributed by atoms with van der Waals surface area (Å²) < 4.78 is 0. The molecule has 29 heavy (non-hydrogen) atoms. The van der Waals surface area contributed by atoms with Crippen LogP contribution in [0.3, 0.4) is 0 Å². The highest BCUT2D eigenvalue weighted by Crippen LogP contribution is 2.56. The maximum absolute atomic E-state index is 10.0. The summed E-state index contributed by atoms with van der Waals surface area (Å²) in [5.41, 5.74) is 18.5. The number of nitrogens with two attached hydrogens (primary N) is 2. The van der Waals surface area contributed by atoms with Gasteiger partial charge >= 0.3 is 0 Å². The van der Waals surface area contributed by atoms with Crippen LogP contribution in [0.25, 0.3) is 11.1 Å². The van der Waals surface area contributed by atoms with Crippen LogP contribution in [0, 0.1) is 0 Å². The first kappa shape index (κ1) is 17.2. The molecule has 0 radical (unpaired) electrons. The summed E-state index contributed by atoms with van der Waals surface area (Å²) in [4.78, 5) is 0. The number of phenolic OH excluding ortho intramolecular Hbond substituents is 2. The molecular weight excluding hydrogens is 360 g/mol. The molecule has 6 N–H and O–H groups in total. The van der Waals surface area contributed by atoms with Gasteiger partial charge in [-0.15, -0.1) is 0 Å². The van der Waals surface area contributed by atoms with Gasteiger partial charge in [0.25, 0.3) is 0 Å². The molecule has 0 aromatic heterocycles. The molecule has 4 aromatic carbocycles. The Balaban J connectivity index is 1.97. The van der Waals surface area contributed by atoms with E-state index in [9.17, 15) is 10.2 Å². The van der Waals surface area contributed by atoms with E-state index in [2.05, 4.69) is 24.3 Å². The Labute approximate surface area is 168 Å². The van der Waals surface area contributed by atoms with Crippen LogP contribution in [0.5, 0.6) is 11.5 Å². The van der Waals surface area contributed by atoms with Crippen molar-refractivity contribution < 1.29 is 10.2 Å². The van der Waals surface area contributed by atoms with Crippen LogP contribution in [0.4, 0.5) is 11.4 Å². The lowest BCUT2D eigenvalue weighted by Crippen LogP contribution is -2.28. The predicted octanol–water partition coefficient (Wildman–Crippen LogP) is 4.63. The van der Waals surface area contributed by atoms with Crippen LogP contribution in [0.1, 0.15) is 22.3 Å². The van der Waals surface area contributed by atoms with Gasteiger partial charge in [0, 0.05) is 0 Å². The number of nitrogen functional groups attached to an aromatic ring is 2. The molecule has 5 rings (SSSR count). The van der Waals surface area contributed by atoms with Crippen LogP contribution in [0.2, 0.25) is 0 Å². The largest absolute Gasteiger partial charge is 0.506 e. The summed E-state index contributed by atoms with van der Waals surface area (Å²) in [5.74, 6) is 0.0994. The van der Waals surface area contributed by atoms with E-state index in [0.29, 0.717) is 11.4 Å². The van der Waals surface area contributed by atoms with E-state index >= 15 is 0 Å². The zero-order chi connectivity index (χ0) is 20.2. The molecular formula is C25H20N2O2. The Morgan fingerprint density at radius 1 is 0.552 bits per heavy atom. The van der Waals surface area contributed by atoms with E-state index in [1.165, 1.54) is 0 Å². The van der Waals surface area contributed by atoms with Crippen LogP contribution in [-0.4, -0.2) is 10.2 Å². The predicted molar refractivity (Wildman–Crippen MR) is 116 cm³/mol. The lowest BCUT2D eigenvalue weighted by atomic mass is 9.67. The minimum Gasteiger partial charge on any atom is -0.506 e. The molecule has 0 unspecified atom stereocenters. The maximum atomic E-state index is 10.0. The van der Waals surface area contributed by atoms with Crippen molar-refractivity contribution in [1.29, 1.82) is 0 Å². The number of fused-ring (bicyclic) bond motifs is 3. The number of hydrogen-bond donors (Lipinski definition) is 4. The second-order valence-electron chi connectivity index (χ2n) is 7.39. The molecule has 142 valence electrons. The van der Waals surface area contributed by atoms with Crippen LogP contribution < -0.4 is 11.5 Å². The maximum Gasteiger partial charge on any atom is 0.138 e. The Morgan fingerprint density at radius 2 is 0.966 bits per heavy atom. The Hall–Kier alpha value is -3.92. The van der Waals surface area contributed by atoms with Crippen LogP contribution >= 0.6 is 0 Å². The topological polar surface area (TPSA) is 92.5 Å². The number of benzene rings is 4. The van der Waals surface area contributed by atoms with Gasteiger partial charge in [-0.3, -0.25) is 0 Å². The van der Waals surface area contributed by atoms with Gasteiger partial charge in [0.05, 0.1) is 16.8 Å². The highest BCUT2D eigenvalue weighted by atomic mass is 16.3. The number of rotatable bonds is 2. The van der Waals surface area contributed by atoms with Crippen molar-refractivity contribution in [3.05, 3.63) is 107 Å². The van der Waals surface area contributed by atoms with Gasteiger partial charge in [-0.1, -0.05) is 60.7 Å². The summed E-state index contributed by atoms with van der Waals surface area (Å²) in [6, 6.07) is 27.2. The summed E-state index contributed by atoms with van der Waals surface area (Å²) in [6.45, 7) is 0. The minimum absolute atomic E-state index is 0.0497. The van der Waals surface area contributed by atoms with Crippen molar-refractivity contribution in [3.8, 4) is 22.6 Å². The molecule has 0 saturated heterocycles. The van der Waals surface area contributed by atoms with Gasteiger partial charge in [-0.05, 0) is 57.6 Å². The molecule has 1 aliphatic rings. The zero-order valence-electron chi connectivity index (χ0n) is 15.6. The molecule has 0 aliphatic heterocycles. The first-order valence-electron chi connectivity index (χ1n) is 9.41. The zero-order valence-corrected chi connectivity index (χ0v) is 15.6. The van der Waals surface area contributed by atoms with E-state index < -0.39 is 5.41 Å². The number of hydrogen-bond acceptors (Lipinski definition) is 4. The van der Waals surface area contributed by atoms with Gasteiger partial charge in [0.15, 0.2) is 0 Å². The van der Waals surface area contributed by atoms with E-state index in [1.807, 2.05) is 48.5 Å². The third-order valence-corrected chi connectivity index (χ3v) is 5.87. The molecule has 0 saturated carbocycles. The molecule has 0 spiro atoms. The quantitative estimate of drug-likeness (QED) is 0.265. The Morgan fingerprint density at radius 3 is 1.38 bits per heavy atom. The molecule has 0 fully saturated rings. The number of anilines is 2. The first-order chi connectivity index (χ1) is 14.0. The second kappa shape index (κ2) is 6.04. The molecule has 4 aromatic rings. The molecule has 4 nitrogen and oxygen atoms in total. The van der Waals surface area contributed by atoms with Crippen molar-refractivity contribution in [2.45, 2.75) is 5.41 Å². The first-order valence-corrected chi connectivity index (χ1v) is 9.41. The van der Waals surface area contributed by atoms with E-state index in [4.69, 9.17) is 11.5 Å². The van der Waals surface area contributed by atoms with Crippen molar-refractivity contribution in [1.82, 2.24) is 0 Å². The summed E-state index contributed by atoms with van der Waals surface area (Å²) in [6.07, 6.45) is 0. The van der Waals surface area contributed by atoms with Crippen molar-refractivity contribution >= 4 is 11.4 Å². The fourth-order valence-electron chi connectivity index (χ4n) is 4.60. The van der Waals surface area contributed by atoms with Gasteiger partial charge < -0.3 is 21.7 Å². The lowest BCUT2D eigenvalue weighted by molar-refractivity contribution is 0.477. The fraction of sp³-hybridized carbons (Fsp3) is 0.0400. The van der Waals surface area contributed by atoms with E-state index in [1.54, 1.807) is 12.1 Å². The van der Waals surface area contributed by atoms with Gasteiger partial charge in [-0.2, -0.15) is 0 Å². The van der Waals surface area contributed by atoms with Gasteiger partial charge in [-0.25, -0.2) is 0 Å². The average Bonchev–Trinajstić information content (AvgIpc) is 3.04. The molecule has 1 aliphatic carbocycles. The van der Waals surface area contributed by atoms with Crippen LogP contribution in [0.15, 0.2) is 84.9 Å². The second-order valence-corrected chi connectivity index (χ2v) is 7.39. The third-order valence-electron chi connectivity index (χ3n) is 5.87. The van der Waals surface area contributed by atoms with Crippen molar-refractivity contribution in [2.75, 3.05) is 11.5 Å². The molecule has 4 heteroatoms. The summed E-state index contributed by atoms with van der Waals surface area (Å²) in [5, 5.41) is 20.1. The Bertz CT molecular complexity index is 1160. The normalized spacial score (nSPS) is 13.7. The molecule has 0 atom stereocenters. The third kappa shape index (κ3) is 2.26. The van der Waals surface area contributed by atoms with Crippen molar-refractivity contribution in [3.63, 3.8) is 0 Å². The number of phenols is 2. The Kier molecular flexibility index (Phi) is 3.58. The van der Waals surface area contributed by atoms with Crippen LogP contribution in [-0.2, 0) is 5.41 Å². The summed E-state index contributed by atoms with van der Waals surface area (Å²) in [7, 11) is 0. The highest BCUT2D eigenvalue weighted by Gasteiger charge is 2.46. The molecule has 0 heterocycles. The standard InChI is InChI=1S/C25H20N2O2/c26-21-13-15(9-11-23(21)28)25(16-10-12-24(29)22(27)14-16)19-7-3-1-5-17(19)18-6-2-4-8-20(18)25/h1-14,28-29H,26-27H2. The van der Waals surface area contributed by atoms with E-state index in [-0.39, 0.29) is 11.5 Å².